The van der Waals surface area contributed by atoms with Crippen molar-refractivity contribution < 1.29 is 14.3 Å². The van der Waals surface area contributed by atoms with Gasteiger partial charge in [0.15, 0.2) is 0 Å². The number of allylic oxidation sites excluding steroid dienone is 1. The number of ether oxygens (including phenoxy) is 1. The Balaban J connectivity index is 1.92. The average molecular weight is 379 g/mol. The maximum Gasteiger partial charge on any atom is 0.338 e. The van der Waals surface area contributed by atoms with Crippen molar-refractivity contribution in [2.24, 2.45) is 0 Å². The van der Waals surface area contributed by atoms with Crippen LogP contribution >= 0.6 is 15.9 Å². The number of halogens is 1. The number of urea groups is 1. The van der Waals surface area contributed by atoms with E-state index in [0.717, 1.165) is 35.7 Å². The molecule has 1 aromatic rings. The summed E-state index contributed by atoms with van der Waals surface area (Å²) in [4.78, 5) is 24.5. The zero-order valence-electron chi connectivity index (χ0n) is 12.9. The number of esters is 1. The fourth-order valence-corrected chi connectivity index (χ4v) is 3.64. The van der Waals surface area contributed by atoms with E-state index in [0.29, 0.717) is 11.3 Å². The van der Waals surface area contributed by atoms with Crippen molar-refractivity contribution >= 4 is 27.9 Å². The molecule has 1 aromatic carbocycles. The Kier molecular flexibility index (Phi) is 4.71. The minimum Gasteiger partial charge on any atom is -0.459 e. The van der Waals surface area contributed by atoms with Crippen molar-refractivity contribution in [2.45, 2.75) is 44.8 Å². The normalized spacial score (nSPS) is 21.8. The van der Waals surface area contributed by atoms with E-state index < -0.39 is 6.04 Å². The van der Waals surface area contributed by atoms with Gasteiger partial charge in [0, 0.05) is 10.2 Å². The number of carbonyl (C=O) groups excluding carboxylic acids is 2. The Morgan fingerprint density at radius 3 is 2.65 bits per heavy atom. The van der Waals surface area contributed by atoms with Gasteiger partial charge in [-0.1, -0.05) is 34.1 Å². The third-order valence-electron chi connectivity index (χ3n) is 4.28. The summed E-state index contributed by atoms with van der Waals surface area (Å²) in [5.41, 5.74) is 1.83. The molecular formula is C17H19BrN2O3. The van der Waals surface area contributed by atoms with E-state index in [1.54, 1.807) is 6.92 Å². The molecule has 1 saturated carbocycles. The number of amides is 2. The van der Waals surface area contributed by atoms with Crippen LogP contribution in [0.25, 0.3) is 0 Å². The van der Waals surface area contributed by atoms with Crippen LogP contribution < -0.4 is 10.6 Å². The molecule has 6 heteroatoms. The fourth-order valence-electron chi connectivity index (χ4n) is 3.13. The van der Waals surface area contributed by atoms with Crippen molar-refractivity contribution in [3.63, 3.8) is 0 Å². The number of rotatable bonds is 3. The Bertz CT molecular complexity index is 666. The Labute approximate surface area is 143 Å². The molecule has 0 spiro atoms. The third kappa shape index (κ3) is 3.42. The second-order valence-electron chi connectivity index (χ2n) is 5.90. The van der Waals surface area contributed by atoms with Crippen LogP contribution in [0.1, 0.15) is 44.2 Å². The highest BCUT2D eigenvalue weighted by molar-refractivity contribution is 9.10. The first kappa shape index (κ1) is 16.1. The second-order valence-corrected chi connectivity index (χ2v) is 6.76. The first-order chi connectivity index (χ1) is 11.1. The number of carbonyl (C=O) groups is 2. The smallest absolute Gasteiger partial charge is 0.338 e. The molecule has 2 amide bonds. The van der Waals surface area contributed by atoms with Gasteiger partial charge >= 0.3 is 12.0 Å². The van der Waals surface area contributed by atoms with E-state index in [1.165, 1.54) is 0 Å². The van der Waals surface area contributed by atoms with Crippen molar-refractivity contribution in [1.29, 1.82) is 0 Å². The molecule has 0 unspecified atom stereocenters. The Hall–Kier alpha value is -1.82. The van der Waals surface area contributed by atoms with Crippen LogP contribution in [0.4, 0.5) is 4.79 Å². The van der Waals surface area contributed by atoms with Gasteiger partial charge in [-0.3, -0.25) is 0 Å². The summed E-state index contributed by atoms with van der Waals surface area (Å²) < 4.78 is 6.48. The number of nitrogens with one attached hydrogen (secondary N) is 2. The molecule has 3 rings (SSSR count). The van der Waals surface area contributed by atoms with Gasteiger partial charge in [-0.05, 0) is 44.2 Å². The van der Waals surface area contributed by atoms with Crippen LogP contribution in [0.5, 0.6) is 0 Å². The lowest BCUT2D eigenvalue weighted by Crippen LogP contribution is -2.45. The van der Waals surface area contributed by atoms with Crippen molar-refractivity contribution in [3.05, 3.63) is 45.6 Å². The molecule has 2 aliphatic rings. The van der Waals surface area contributed by atoms with Crippen LogP contribution in [-0.4, -0.2) is 18.1 Å². The molecule has 5 nitrogen and oxygen atoms in total. The SMILES string of the molecule is CC1=C(C(=O)OC2CCCC2)[C@H](c2ccccc2Br)NC(=O)N1. The number of hydrogen-bond donors (Lipinski definition) is 2. The van der Waals surface area contributed by atoms with Crippen molar-refractivity contribution in [1.82, 2.24) is 10.6 Å². The van der Waals surface area contributed by atoms with E-state index in [9.17, 15) is 9.59 Å². The summed E-state index contributed by atoms with van der Waals surface area (Å²) in [6, 6.07) is 6.71. The van der Waals surface area contributed by atoms with Crippen LogP contribution in [0.3, 0.4) is 0 Å². The first-order valence-electron chi connectivity index (χ1n) is 7.80. The summed E-state index contributed by atoms with van der Waals surface area (Å²) in [6.07, 6.45) is 4.01. The molecule has 0 bridgehead atoms. The molecule has 1 fully saturated rings. The van der Waals surface area contributed by atoms with Crippen molar-refractivity contribution in [2.75, 3.05) is 0 Å². The molecule has 1 aliphatic carbocycles. The molecule has 1 atom stereocenters. The van der Waals surface area contributed by atoms with E-state index in [4.69, 9.17) is 4.74 Å². The zero-order chi connectivity index (χ0) is 16.4. The van der Waals surface area contributed by atoms with Crippen LogP contribution in [0, 0.1) is 0 Å². The van der Waals surface area contributed by atoms with Crippen molar-refractivity contribution in [3.8, 4) is 0 Å². The molecule has 0 aromatic heterocycles. The van der Waals surface area contributed by atoms with Gasteiger partial charge in [0.2, 0.25) is 0 Å². The Morgan fingerprint density at radius 1 is 1.26 bits per heavy atom. The average Bonchev–Trinajstić information content (AvgIpc) is 2.99. The lowest BCUT2D eigenvalue weighted by atomic mass is 9.95. The van der Waals surface area contributed by atoms with Gasteiger partial charge in [0.25, 0.3) is 0 Å². The predicted molar refractivity (Wildman–Crippen MR) is 89.6 cm³/mol. The summed E-state index contributed by atoms with van der Waals surface area (Å²) in [5, 5.41) is 5.49. The Morgan fingerprint density at radius 2 is 1.96 bits per heavy atom. The summed E-state index contributed by atoms with van der Waals surface area (Å²) in [5.74, 6) is -0.359. The van der Waals surface area contributed by atoms with Gasteiger partial charge in [-0.2, -0.15) is 0 Å². The molecule has 1 heterocycles. The summed E-state index contributed by atoms with van der Waals surface area (Å²) in [7, 11) is 0. The minimum atomic E-state index is -0.520. The minimum absolute atomic E-state index is 0.0136. The topological polar surface area (TPSA) is 67.4 Å². The third-order valence-corrected chi connectivity index (χ3v) is 5.00. The standard InChI is InChI=1S/C17H19BrN2O3/c1-10-14(16(21)23-11-6-2-3-7-11)15(20-17(22)19-10)12-8-4-5-9-13(12)18/h4-5,8-9,11,15H,2-3,6-7H2,1H3,(H2,19,20,22)/t15-/m0/s1. The number of hydrogen-bond acceptors (Lipinski definition) is 3. The highest BCUT2D eigenvalue weighted by atomic mass is 79.9. The van der Waals surface area contributed by atoms with Crippen LogP contribution in [0.15, 0.2) is 40.0 Å². The predicted octanol–water partition coefficient (Wildman–Crippen LogP) is 3.56. The highest BCUT2D eigenvalue weighted by Crippen LogP contribution is 2.33. The maximum atomic E-state index is 12.7. The largest absolute Gasteiger partial charge is 0.459 e. The molecular weight excluding hydrogens is 360 g/mol. The lowest BCUT2D eigenvalue weighted by Gasteiger charge is -2.29. The quantitative estimate of drug-likeness (QED) is 0.790. The molecule has 1 aliphatic heterocycles. The van der Waals surface area contributed by atoms with E-state index in [2.05, 4.69) is 26.6 Å². The molecule has 0 saturated heterocycles. The zero-order valence-corrected chi connectivity index (χ0v) is 14.5. The van der Waals surface area contributed by atoms with Crippen LogP contribution in [0.2, 0.25) is 0 Å². The van der Waals surface area contributed by atoms with E-state index >= 15 is 0 Å². The van der Waals surface area contributed by atoms with Crippen LogP contribution in [-0.2, 0) is 9.53 Å². The fraction of sp³-hybridized carbons (Fsp3) is 0.412. The molecule has 122 valence electrons. The molecule has 0 radical (unpaired) electrons. The van der Waals surface area contributed by atoms with Gasteiger partial charge in [-0.25, -0.2) is 9.59 Å². The highest BCUT2D eigenvalue weighted by Gasteiger charge is 2.34. The van der Waals surface area contributed by atoms with Gasteiger partial charge < -0.3 is 15.4 Å². The van der Waals surface area contributed by atoms with E-state index in [-0.39, 0.29) is 18.1 Å². The molecule has 2 N–H and O–H groups in total. The lowest BCUT2D eigenvalue weighted by molar-refractivity contribution is -0.144. The first-order valence-corrected chi connectivity index (χ1v) is 8.59. The maximum absolute atomic E-state index is 12.7. The molecule has 23 heavy (non-hydrogen) atoms. The van der Waals surface area contributed by atoms with Gasteiger partial charge in [0.05, 0.1) is 11.6 Å². The van der Waals surface area contributed by atoms with Gasteiger partial charge in [-0.15, -0.1) is 0 Å². The summed E-state index contributed by atoms with van der Waals surface area (Å²) in [6.45, 7) is 1.73. The monoisotopic (exact) mass is 378 g/mol. The second kappa shape index (κ2) is 6.74. The summed E-state index contributed by atoms with van der Waals surface area (Å²) >= 11 is 3.49. The number of benzene rings is 1. The van der Waals surface area contributed by atoms with E-state index in [1.807, 2.05) is 24.3 Å². The van der Waals surface area contributed by atoms with Gasteiger partial charge in [0.1, 0.15) is 6.10 Å².